The molecule has 0 aliphatic carbocycles. The van der Waals surface area contributed by atoms with Gasteiger partial charge in [0.15, 0.2) is 18.1 Å². The minimum Gasteiger partial charge on any atom is -0.493 e. The molecule has 0 N–H and O–H groups in total. The van der Waals surface area contributed by atoms with E-state index in [1.165, 1.54) is 21.3 Å². The van der Waals surface area contributed by atoms with Crippen LogP contribution in [0.4, 0.5) is 0 Å². The number of nitrogens with zero attached hydrogens (tertiary/aromatic N) is 2. The van der Waals surface area contributed by atoms with Crippen LogP contribution in [-0.4, -0.2) is 43.8 Å². The molecular formula is C20H20N2O6S. The number of carbonyl (C=O) groups is 1. The summed E-state index contributed by atoms with van der Waals surface area (Å²) in [6.07, 6.45) is 1.97. The Morgan fingerprint density at radius 3 is 2.21 bits per heavy atom. The minimum absolute atomic E-state index is 0.138. The monoisotopic (exact) mass is 416 g/mol. The molecule has 0 amide bonds. The molecule has 9 heteroatoms. The van der Waals surface area contributed by atoms with Gasteiger partial charge in [0.2, 0.25) is 11.6 Å². The van der Waals surface area contributed by atoms with Gasteiger partial charge in [-0.05, 0) is 42.7 Å². The van der Waals surface area contributed by atoms with Crippen LogP contribution in [0.25, 0.3) is 11.5 Å². The number of hydrogen-bond acceptors (Lipinski definition) is 9. The molecule has 0 bridgehead atoms. The predicted molar refractivity (Wildman–Crippen MR) is 107 cm³/mol. The summed E-state index contributed by atoms with van der Waals surface area (Å²) in [4.78, 5) is 13.2. The first-order valence-corrected chi connectivity index (χ1v) is 9.76. The molecule has 3 aromatic rings. The van der Waals surface area contributed by atoms with Crippen molar-refractivity contribution in [3.05, 3.63) is 47.9 Å². The fraction of sp³-hybridized carbons (Fsp3) is 0.250. The second kappa shape index (κ2) is 9.33. The zero-order chi connectivity index (χ0) is 20.8. The van der Waals surface area contributed by atoms with E-state index in [9.17, 15) is 4.79 Å². The molecule has 2 aromatic carbocycles. The summed E-state index contributed by atoms with van der Waals surface area (Å²) in [5, 5.41) is 7.93. The van der Waals surface area contributed by atoms with Crippen molar-refractivity contribution >= 4 is 17.7 Å². The van der Waals surface area contributed by atoms with Crippen LogP contribution >= 0.6 is 11.8 Å². The highest BCUT2D eigenvalue weighted by Crippen LogP contribution is 2.40. The van der Waals surface area contributed by atoms with Crippen molar-refractivity contribution in [2.75, 3.05) is 27.6 Å². The number of methoxy groups -OCH3 is 3. The lowest BCUT2D eigenvalue weighted by atomic mass is 10.2. The zero-order valence-electron chi connectivity index (χ0n) is 16.4. The zero-order valence-corrected chi connectivity index (χ0v) is 17.2. The molecule has 152 valence electrons. The molecule has 0 aliphatic rings. The summed E-state index contributed by atoms with van der Waals surface area (Å²) in [7, 11) is 4.56. The maximum Gasteiger partial charge on any atom is 0.338 e. The lowest BCUT2D eigenvalue weighted by molar-refractivity contribution is 0.0438. The summed E-state index contributed by atoms with van der Waals surface area (Å²) >= 11 is 1.60. The second-order valence-corrected chi connectivity index (χ2v) is 6.60. The predicted octanol–water partition coefficient (Wildman–Crippen LogP) is 3.84. The fourth-order valence-corrected chi connectivity index (χ4v) is 2.98. The van der Waals surface area contributed by atoms with Crippen molar-refractivity contribution in [1.82, 2.24) is 10.2 Å². The molecular weight excluding hydrogens is 396 g/mol. The number of ether oxygens (including phenoxy) is 4. The van der Waals surface area contributed by atoms with Gasteiger partial charge in [0, 0.05) is 10.5 Å². The number of hydrogen-bond donors (Lipinski definition) is 0. The first kappa shape index (κ1) is 20.5. The quantitative estimate of drug-likeness (QED) is 0.401. The van der Waals surface area contributed by atoms with Crippen LogP contribution < -0.4 is 14.2 Å². The lowest BCUT2D eigenvalue weighted by Gasteiger charge is -2.12. The van der Waals surface area contributed by atoms with Gasteiger partial charge in [-0.15, -0.1) is 22.0 Å². The molecule has 0 aliphatic heterocycles. The first-order valence-electron chi connectivity index (χ1n) is 8.53. The topological polar surface area (TPSA) is 92.9 Å². The molecule has 0 unspecified atom stereocenters. The summed E-state index contributed by atoms with van der Waals surface area (Å²) in [6.45, 7) is -0.138. The number of rotatable bonds is 8. The van der Waals surface area contributed by atoms with E-state index in [1.54, 1.807) is 36.0 Å². The van der Waals surface area contributed by atoms with E-state index in [2.05, 4.69) is 10.2 Å². The fourth-order valence-electron chi connectivity index (χ4n) is 2.57. The van der Waals surface area contributed by atoms with Crippen LogP contribution in [0.5, 0.6) is 17.2 Å². The van der Waals surface area contributed by atoms with Gasteiger partial charge in [-0.25, -0.2) is 4.79 Å². The third kappa shape index (κ3) is 4.62. The van der Waals surface area contributed by atoms with E-state index in [1.807, 2.05) is 18.4 Å². The van der Waals surface area contributed by atoms with Crippen LogP contribution in [0.1, 0.15) is 16.2 Å². The van der Waals surface area contributed by atoms with Crippen molar-refractivity contribution in [2.24, 2.45) is 0 Å². The molecule has 1 aromatic heterocycles. The summed E-state index contributed by atoms with van der Waals surface area (Å²) in [5.74, 6) is 1.32. The van der Waals surface area contributed by atoms with Crippen LogP contribution in [0.3, 0.4) is 0 Å². The van der Waals surface area contributed by atoms with Gasteiger partial charge in [-0.2, -0.15) is 0 Å². The van der Waals surface area contributed by atoms with Gasteiger partial charge in [0.1, 0.15) is 0 Å². The summed E-state index contributed by atoms with van der Waals surface area (Å²) < 4.78 is 26.8. The second-order valence-electron chi connectivity index (χ2n) is 5.72. The highest BCUT2D eigenvalue weighted by molar-refractivity contribution is 7.98. The normalized spacial score (nSPS) is 10.5. The van der Waals surface area contributed by atoms with E-state index in [0.29, 0.717) is 28.4 Å². The third-order valence-corrected chi connectivity index (χ3v) is 4.77. The van der Waals surface area contributed by atoms with Crippen molar-refractivity contribution in [3.63, 3.8) is 0 Å². The minimum atomic E-state index is -0.467. The number of benzene rings is 2. The van der Waals surface area contributed by atoms with Gasteiger partial charge in [0.05, 0.1) is 26.9 Å². The van der Waals surface area contributed by atoms with Crippen LogP contribution in [0.15, 0.2) is 45.7 Å². The molecule has 0 saturated carbocycles. The molecule has 0 saturated heterocycles. The van der Waals surface area contributed by atoms with Gasteiger partial charge in [0.25, 0.3) is 5.89 Å². The first-order chi connectivity index (χ1) is 14.1. The van der Waals surface area contributed by atoms with Crippen molar-refractivity contribution in [3.8, 4) is 28.7 Å². The van der Waals surface area contributed by atoms with E-state index in [4.69, 9.17) is 23.4 Å². The number of aromatic nitrogens is 2. The Morgan fingerprint density at radius 1 is 1.00 bits per heavy atom. The Bertz CT molecular complexity index is 962. The SMILES string of the molecule is COc1cc(-c2nnc(COC(=O)c3ccc(SC)cc3)o2)cc(OC)c1OC. The van der Waals surface area contributed by atoms with Gasteiger partial charge in [-0.1, -0.05) is 0 Å². The van der Waals surface area contributed by atoms with Gasteiger partial charge >= 0.3 is 5.97 Å². The number of carbonyl (C=O) groups excluding carboxylic acids is 1. The summed E-state index contributed by atoms with van der Waals surface area (Å²) in [6, 6.07) is 10.5. The van der Waals surface area contributed by atoms with E-state index >= 15 is 0 Å². The maximum absolute atomic E-state index is 12.2. The molecule has 0 atom stereocenters. The number of esters is 1. The highest BCUT2D eigenvalue weighted by Gasteiger charge is 2.18. The van der Waals surface area contributed by atoms with Crippen LogP contribution in [-0.2, 0) is 11.3 Å². The van der Waals surface area contributed by atoms with Crippen molar-refractivity contribution in [2.45, 2.75) is 11.5 Å². The Labute approximate surface area is 172 Å². The standard InChI is InChI=1S/C20H20N2O6S/c1-24-15-9-13(10-16(25-2)18(15)26-3)19-22-21-17(28-19)11-27-20(23)12-5-7-14(29-4)8-6-12/h5-10H,11H2,1-4H3. The third-order valence-electron chi connectivity index (χ3n) is 4.03. The highest BCUT2D eigenvalue weighted by atomic mass is 32.2. The van der Waals surface area contributed by atoms with Gasteiger partial charge in [-0.3, -0.25) is 0 Å². The largest absolute Gasteiger partial charge is 0.493 e. The Morgan fingerprint density at radius 2 is 1.66 bits per heavy atom. The smallest absolute Gasteiger partial charge is 0.338 e. The molecule has 29 heavy (non-hydrogen) atoms. The van der Waals surface area contributed by atoms with Crippen molar-refractivity contribution < 1.29 is 28.2 Å². The average molecular weight is 416 g/mol. The van der Waals surface area contributed by atoms with Crippen LogP contribution in [0.2, 0.25) is 0 Å². The molecule has 3 rings (SSSR count). The molecule has 1 heterocycles. The summed E-state index contributed by atoms with van der Waals surface area (Å²) in [5.41, 5.74) is 1.03. The lowest BCUT2D eigenvalue weighted by Crippen LogP contribution is -2.05. The number of thioether (sulfide) groups is 1. The van der Waals surface area contributed by atoms with E-state index < -0.39 is 5.97 Å². The molecule has 0 radical (unpaired) electrons. The van der Waals surface area contributed by atoms with E-state index in [-0.39, 0.29) is 18.4 Å². The van der Waals surface area contributed by atoms with Crippen LogP contribution in [0, 0.1) is 0 Å². The average Bonchev–Trinajstić information content (AvgIpc) is 3.25. The maximum atomic E-state index is 12.2. The van der Waals surface area contributed by atoms with E-state index in [0.717, 1.165) is 4.90 Å². The Hall–Kier alpha value is -3.20. The molecule has 0 spiro atoms. The molecule has 0 fully saturated rings. The Balaban J connectivity index is 1.73. The van der Waals surface area contributed by atoms with Gasteiger partial charge < -0.3 is 23.4 Å². The molecule has 8 nitrogen and oxygen atoms in total. The Kier molecular flexibility index (Phi) is 6.61. The van der Waals surface area contributed by atoms with Crippen molar-refractivity contribution in [1.29, 1.82) is 0 Å².